The first kappa shape index (κ1) is 12.2. The number of rotatable bonds is 3. The fourth-order valence-corrected chi connectivity index (χ4v) is 2.46. The minimum Gasteiger partial charge on any atom is -0.321 e. The van der Waals surface area contributed by atoms with Crippen LogP contribution < -0.4 is 0 Å². The van der Waals surface area contributed by atoms with Crippen LogP contribution in [0.1, 0.15) is 17.2 Å². The van der Waals surface area contributed by atoms with Crippen LogP contribution in [0.4, 0.5) is 0 Å². The van der Waals surface area contributed by atoms with Crippen LogP contribution in [0.3, 0.4) is 0 Å². The Morgan fingerprint density at radius 2 is 1.89 bits per heavy atom. The first-order chi connectivity index (χ1) is 9.28. The molecule has 19 heavy (non-hydrogen) atoms. The summed E-state index contributed by atoms with van der Waals surface area (Å²) < 4.78 is 2.13. The van der Waals surface area contributed by atoms with Crippen LogP contribution in [0.15, 0.2) is 42.5 Å². The van der Waals surface area contributed by atoms with Gasteiger partial charge in [0.05, 0.1) is 29.2 Å². The molecular weight excluding hydrogens is 258 g/mol. The summed E-state index contributed by atoms with van der Waals surface area (Å²) in [6, 6.07) is 14.1. The maximum absolute atomic E-state index is 6.00. The number of halogens is 1. The van der Waals surface area contributed by atoms with Crippen LogP contribution >= 0.6 is 11.6 Å². The zero-order valence-corrected chi connectivity index (χ0v) is 11.4. The van der Waals surface area contributed by atoms with Gasteiger partial charge in [-0.2, -0.15) is 0 Å². The van der Waals surface area contributed by atoms with E-state index in [4.69, 9.17) is 11.6 Å². The molecule has 0 amide bonds. The minimum absolute atomic E-state index is 0.403. The molecule has 4 heteroatoms. The molecule has 0 radical (unpaired) electrons. The molecule has 0 atom stereocenters. The third-order valence-corrected chi connectivity index (χ3v) is 3.36. The molecule has 0 spiro atoms. The van der Waals surface area contributed by atoms with Crippen LogP contribution in [-0.2, 0) is 12.4 Å². The summed E-state index contributed by atoms with van der Waals surface area (Å²) in [5, 5.41) is 0. The lowest BCUT2D eigenvalue weighted by atomic mass is 10.3. The van der Waals surface area contributed by atoms with Gasteiger partial charge in [-0.1, -0.05) is 18.2 Å². The zero-order chi connectivity index (χ0) is 13.2. The largest absolute Gasteiger partial charge is 0.321 e. The molecule has 0 aliphatic rings. The van der Waals surface area contributed by atoms with E-state index in [1.54, 1.807) is 0 Å². The molecule has 2 heterocycles. The Hall–Kier alpha value is -1.87. The normalized spacial score (nSPS) is 11.1. The fourth-order valence-electron chi connectivity index (χ4n) is 2.25. The molecule has 3 aromatic rings. The van der Waals surface area contributed by atoms with Crippen molar-refractivity contribution in [1.29, 1.82) is 0 Å². The van der Waals surface area contributed by atoms with Gasteiger partial charge < -0.3 is 4.57 Å². The highest BCUT2D eigenvalue weighted by Gasteiger charge is 2.10. The van der Waals surface area contributed by atoms with Gasteiger partial charge in [-0.05, 0) is 31.2 Å². The summed E-state index contributed by atoms with van der Waals surface area (Å²) in [7, 11) is 0. The molecule has 0 aliphatic heterocycles. The smallest absolute Gasteiger partial charge is 0.125 e. The molecule has 0 unspecified atom stereocenters. The number of para-hydroxylation sites is 2. The topological polar surface area (TPSA) is 30.7 Å². The summed E-state index contributed by atoms with van der Waals surface area (Å²) in [4.78, 5) is 9.09. The number of aromatic nitrogens is 3. The third kappa shape index (κ3) is 2.34. The maximum Gasteiger partial charge on any atom is 0.125 e. The molecule has 0 bridgehead atoms. The summed E-state index contributed by atoms with van der Waals surface area (Å²) in [6.07, 6.45) is 0. The number of hydrogen-bond acceptors (Lipinski definition) is 2. The lowest BCUT2D eigenvalue weighted by molar-refractivity contribution is 0.755. The SMILES string of the molecule is Cc1cccc(Cn2c(CCl)nc3ccccc32)n1. The van der Waals surface area contributed by atoms with E-state index in [-0.39, 0.29) is 0 Å². The molecule has 2 aromatic heterocycles. The van der Waals surface area contributed by atoms with E-state index in [1.807, 2.05) is 43.3 Å². The highest BCUT2D eigenvalue weighted by Crippen LogP contribution is 2.18. The van der Waals surface area contributed by atoms with Crippen LogP contribution in [0.2, 0.25) is 0 Å². The average Bonchev–Trinajstić information content (AvgIpc) is 2.77. The van der Waals surface area contributed by atoms with Gasteiger partial charge in [-0.15, -0.1) is 11.6 Å². The highest BCUT2D eigenvalue weighted by atomic mass is 35.5. The molecule has 0 N–H and O–H groups in total. The van der Waals surface area contributed by atoms with Crippen LogP contribution in [-0.4, -0.2) is 14.5 Å². The van der Waals surface area contributed by atoms with Crippen molar-refractivity contribution in [1.82, 2.24) is 14.5 Å². The Bertz CT molecular complexity index is 718. The Balaban J connectivity index is 2.08. The van der Waals surface area contributed by atoms with Crippen molar-refractivity contribution >= 4 is 22.6 Å². The second-order valence-electron chi connectivity index (χ2n) is 4.51. The number of hydrogen-bond donors (Lipinski definition) is 0. The predicted molar refractivity (Wildman–Crippen MR) is 77.4 cm³/mol. The van der Waals surface area contributed by atoms with E-state index in [9.17, 15) is 0 Å². The number of aryl methyl sites for hydroxylation is 1. The van der Waals surface area contributed by atoms with Gasteiger partial charge in [0.15, 0.2) is 0 Å². The summed E-state index contributed by atoms with van der Waals surface area (Å²) >= 11 is 6.00. The molecule has 0 saturated carbocycles. The van der Waals surface area contributed by atoms with Crippen molar-refractivity contribution in [2.24, 2.45) is 0 Å². The highest BCUT2D eigenvalue weighted by molar-refractivity contribution is 6.16. The lowest BCUT2D eigenvalue weighted by Gasteiger charge is -2.07. The Labute approximate surface area is 116 Å². The van der Waals surface area contributed by atoms with E-state index < -0.39 is 0 Å². The van der Waals surface area contributed by atoms with Gasteiger partial charge in [-0.25, -0.2) is 4.98 Å². The molecule has 0 aliphatic carbocycles. The van der Waals surface area contributed by atoms with Crippen molar-refractivity contribution < 1.29 is 0 Å². The minimum atomic E-state index is 0.403. The standard InChI is InChI=1S/C15H14ClN3/c1-11-5-4-6-12(17-11)10-19-14-8-3-2-7-13(14)18-15(19)9-16/h2-8H,9-10H2,1H3. The molecular formula is C15H14ClN3. The summed E-state index contributed by atoms with van der Waals surface area (Å²) in [5.41, 5.74) is 4.12. The molecule has 3 rings (SSSR count). The molecule has 3 nitrogen and oxygen atoms in total. The Kier molecular flexibility index (Phi) is 3.22. The van der Waals surface area contributed by atoms with E-state index in [2.05, 4.69) is 20.6 Å². The van der Waals surface area contributed by atoms with Crippen LogP contribution in [0, 0.1) is 6.92 Å². The molecule has 1 aromatic carbocycles. The number of pyridine rings is 1. The number of nitrogens with zero attached hydrogens (tertiary/aromatic N) is 3. The summed E-state index contributed by atoms with van der Waals surface area (Å²) in [6.45, 7) is 2.70. The molecule has 0 fully saturated rings. The number of benzene rings is 1. The number of alkyl halides is 1. The van der Waals surface area contributed by atoms with E-state index in [0.717, 1.165) is 28.2 Å². The van der Waals surface area contributed by atoms with Crippen molar-refractivity contribution in [3.05, 3.63) is 59.7 Å². The van der Waals surface area contributed by atoms with Gasteiger partial charge in [0.2, 0.25) is 0 Å². The van der Waals surface area contributed by atoms with Gasteiger partial charge in [0.25, 0.3) is 0 Å². The second-order valence-corrected chi connectivity index (χ2v) is 4.77. The maximum atomic E-state index is 6.00. The second kappa shape index (κ2) is 5.02. The van der Waals surface area contributed by atoms with Crippen molar-refractivity contribution in [2.45, 2.75) is 19.3 Å². The Morgan fingerprint density at radius 1 is 1.05 bits per heavy atom. The van der Waals surface area contributed by atoms with Crippen LogP contribution in [0.25, 0.3) is 11.0 Å². The van der Waals surface area contributed by atoms with E-state index >= 15 is 0 Å². The molecule has 96 valence electrons. The first-order valence-electron chi connectivity index (χ1n) is 6.20. The van der Waals surface area contributed by atoms with Crippen LogP contribution in [0.5, 0.6) is 0 Å². The lowest BCUT2D eigenvalue weighted by Crippen LogP contribution is -2.05. The Morgan fingerprint density at radius 3 is 2.68 bits per heavy atom. The summed E-state index contributed by atoms with van der Waals surface area (Å²) in [5.74, 6) is 1.28. The van der Waals surface area contributed by atoms with Gasteiger partial charge in [0, 0.05) is 5.69 Å². The van der Waals surface area contributed by atoms with Crippen molar-refractivity contribution in [2.75, 3.05) is 0 Å². The van der Waals surface area contributed by atoms with Gasteiger partial charge in [0.1, 0.15) is 5.82 Å². The average molecular weight is 272 g/mol. The van der Waals surface area contributed by atoms with E-state index in [1.165, 1.54) is 0 Å². The predicted octanol–water partition coefficient (Wildman–Crippen LogP) is 3.53. The van der Waals surface area contributed by atoms with Crippen molar-refractivity contribution in [3.63, 3.8) is 0 Å². The first-order valence-corrected chi connectivity index (χ1v) is 6.74. The zero-order valence-electron chi connectivity index (χ0n) is 10.7. The molecule has 0 saturated heterocycles. The van der Waals surface area contributed by atoms with Gasteiger partial charge in [-0.3, -0.25) is 4.98 Å². The number of imidazole rings is 1. The monoisotopic (exact) mass is 271 g/mol. The van der Waals surface area contributed by atoms with E-state index in [0.29, 0.717) is 12.4 Å². The fraction of sp³-hybridized carbons (Fsp3) is 0.200. The van der Waals surface area contributed by atoms with Crippen molar-refractivity contribution in [3.8, 4) is 0 Å². The quantitative estimate of drug-likeness (QED) is 0.683. The van der Waals surface area contributed by atoms with Gasteiger partial charge >= 0.3 is 0 Å². The third-order valence-electron chi connectivity index (χ3n) is 3.12. The number of fused-ring (bicyclic) bond motifs is 1.